The fraction of sp³-hybridized carbons (Fsp3) is 0.214. The largest absolute Gasteiger partial charge is 0.477 e. The van der Waals surface area contributed by atoms with Crippen molar-refractivity contribution in [2.24, 2.45) is 0 Å². The summed E-state index contributed by atoms with van der Waals surface area (Å²) in [6.07, 6.45) is 0. The van der Waals surface area contributed by atoms with Gasteiger partial charge >= 0.3 is 5.97 Å². The van der Waals surface area contributed by atoms with E-state index >= 15 is 0 Å². The lowest BCUT2D eigenvalue weighted by molar-refractivity contribution is 0.0691. The molecule has 0 aliphatic carbocycles. The third kappa shape index (κ3) is 2.71. The number of benzene rings is 1. The fourth-order valence-electron chi connectivity index (χ4n) is 1.58. The zero-order chi connectivity index (χ0) is 13.7. The number of carbonyl (C=O) groups excluding carboxylic acids is 1. The van der Waals surface area contributed by atoms with Crippen molar-refractivity contribution in [1.29, 1.82) is 0 Å². The van der Waals surface area contributed by atoms with Gasteiger partial charge in [-0.1, -0.05) is 32.0 Å². The lowest BCUT2D eigenvalue weighted by Crippen LogP contribution is -2.04. The highest BCUT2D eigenvalue weighted by Crippen LogP contribution is 2.18. The molecule has 0 atom stereocenters. The van der Waals surface area contributed by atoms with E-state index in [2.05, 4.69) is 4.98 Å². The number of rotatable bonds is 2. The van der Waals surface area contributed by atoms with Crippen LogP contribution in [0.15, 0.2) is 30.3 Å². The summed E-state index contributed by atoms with van der Waals surface area (Å²) in [6, 6.07) is 8.30. The Hall–Kier alpha value is -2.23. The number of fused-ring (bicyclic) bond motifs is 1. The van der Waals surface area contributed by atoms with Gasteiger partial charge < -0.3 is 5.11 Å². The van der Waals surface area contributed by atoms with Crippen molar-refractivity contribution in [3.05, 3.63) is 41.6 Å². The number of carboxylic acids is 1. The van der Waals surface area contributed by atoms with Gasteiger partial charge in [0.15, 0.2) is 5.78 Å². The van der Waals surface area contributed by atoms with E-state index in [1.54, 1.807) is 24.3 Å². The van der Waals surface area contributed by atoms with Gasteiger partial charge in [0.2, 0.25) is 0 Å². The number of para-hydroxylation sites is 1. The Kier molecular flexibility index (Phi) is 4.54. The van der Waals surface area contributed by atoms with Crippen LogP contribution in [0.3, 0.4) is 0 Å². The van der Waals surface area contributed by atoms with Crippen molar-refractivity contribution in [3.8, 4) is 0 Å². The first-order valence-corrected chi connectivity index (χ1v) is 5.73. The summed E-state index contributed by atoms with van der Waals surface area (Å²) in [4.78, 5) is 26.2. The van der Waals surface area contributed by atoms with Gasteiger partial charge in [-0.25, -0.2) is 9.78 Å². The van der Waals surface area contributed by atoms with Crippen LogP contribution in [-0.4, -0.2) is 21.8 Å². The van der Waals surface area contributed by atoms with Gasteiger partial charge in [0.25, 0.3) is 0 Å². The zero-order valence-electron chi connectivity index (χ0n) is 10.6. The molecule has 0 fully saturated rings. The summed E-state index contributed by atoms with van der Waals surface area (Å²) in [5.74, 6) is -1.30. The molecule has 0 saturated heterocycles. The van der Waals surface area contributed by atoms with E-state index in [0.717, 1.165) is 0 Å². The monoisotopic (exact) mass is 245 g/mol. The second kappa shape index (κ2) is 5.91. The van der Waals surface area contributed by atoms with E-state index in [1.165, 1.54) is 13.0 Å². The summed E-state index contributed by atoms with van der Waals surface area (Å²) >= 11 is 0. The molecule has 0 unspecified atom stereocenters. The molecule has 1 aromatic heterocycles. The molecule has 0 saturated carbocycles. The van der Waals surface area contributed by atoms with Gasteiger partial charge in [-0.05, 0) is 19.1 Å². The van der Waals surface area contributed by atoms with Crippen LogP contribution in [0.25, 0.3) is 10.9 Å². The highest BCUT2D eigenvalue weighted by atomic mass is 16.4. The van der Waals surface area contributed by atoms with Crippen LogP contribution in [0.2, 0.25) is 0 Å². The number of carboxylic acid groups (broad SMARTS) is 1. The van der Waals surface area contributed by atoms with Gasteiger partial charge in [-0.2, -0.15) is 0 Å². The van der Waals surface area contributed by atoms with Crippen molar-refractivity contribution in [2.45, 2.75) is 20.8 Å². The van der Waals surface area contributed by atoms with Gasteiger partial charge in [-0.15, -0.1) is 0 Å². The first-order valence-electron chi connectivity index (χ1n) is 5.73. The van der Waals surface area contributed by atoms with Crippen LogP contribution in [0.5, 0.6) is 0 Å². The molecule has 0 aliphatic rings. The van der Waals surface area contributed by atoms with E-state index < -0.39 is 5.97 Å². The van der Waals surface area contributed by atoms with E-state index in [4.69, 9.17) is 5.11 Å². The predicted molar refractivity (Wildman–Crippen MR) is 70.1 cm³/mol. The fourth-order valence-corrected chi connectivity index (χ4v) is 1.58. The van der Waals surface area contributed by atoms with Crippen molar-refractivity contribution >= 4 is 22.7 Å². The third-order valence-electron chi connectivity index (χ3n) is 2.31. The van der Waals surface area contributed by atoms with E-state index in [-0.39, 0.29) is 11.5 Å². The number of ketones is 1. The molecule has 94 valence electrons. The number of carbonyl (C=O) groups is 2. The summed E-state index contributed by atoms with van der Waals surface area (Å²) in [5, 5.41) is 9.56. The Morgan fingerprint density at radius 1 is 1.17 bits per heavy atom. The highest BCUT2D eigenvalue weighted by molar-refractivity contribution is 6.07. The second-order valence-electron chi connectivity index (χ2n) is 3.43. The SMILES string of the molecule is CC.CC(=O)c1cc(C(=O)O)nc2ccccc12. The maximum Gasteiger partial charge on any atom is 0.354 e. The summed E-state index contributed by atoms with van der Waals surface area (Å²) in [6.45, 7) is 5.41. The highest BCUT2D eigenvalue weighted by Gasteiger charge is 2.12. The minimum Gasteiger partial charge on any atom is -0.477 e. The lowest BCUT2D eigenvalue weighted by atomic mass is 10.0. The summed E-state index contributed by atoms with van der Waals surface area (Å²) < 4.78 is 0. The van der Waals surface area contributed by atoms with Crippen molar-refractivity contribution in [2.75, 3.05) is 0 Å². The number of aromatic nitrogens is 1. The maximum atomic E-state index is 11.4. The minimum absolute atomic E-state index is 0.107. The molecule has 2 aromatic rings. The predicted octanol–water partition coefficient (Wildman–Crippen LogP) is 3.16. The second-order valence-corrected chi connectivity index (χ2v) is 3.43. The number of aromatic carboxylic acids is 1. The van der Waals surface area contributed by atoms with Crippen LogP contribution in [0, 0.1) is 0 Å². The normalized spacial score (nSPS) is 9.50. The molecule has 0 bridgehead atoms. The molecule has 1 N–H and O–H groups in total. The Morgan fingerprint density at radius 3 is 2.33 bits per heavy atom. The Balaban J connectivity index is 0.000000771. The Morgan fingerprint density at radius 2 is 1.78 bits per heavy atom. The molecule has 4 heteroatoms. The molecular formula is C14H15NO3. The van der Waals surface area contributed by atoms with E-state index in [1.807, 2.05) is 13.8 Å². The molecule has 0 spiro atoms. The van der Waals surface area contributed by atoms with Crippen LogP contribution >= 0.6 is 0 Å². The lowest BCUT2D eigenvalue weighted by Gasteiger charge is -2.04. The molecular weight excluding hydrogens is 230 g/mol. The minimum atomic E-state index is -1.13. The topological polar surface area (TPSA) is 67.3 Å². The van der Waals surface area contributed by atoms with Gasteiger partial charge in [0, 0.05) is 10.9 Å². The Labute approximate surface area is 105 Å². The van der Waals surface area contributed by atoms with Gasteiger partial charge in [0.05, 0.1) is 5.52 Å². The van der Waals surface area contributed by atoms with Crippen LogP contribution < -0.4 is 0 Å². The number of hydrogen-bond acceptors (Lipinski definition) is 3. The van der Waals surface area contributed by atoms with Crippen molar-refractivity contribution in [3.63, 3.8) is 0 Å². The first kappa shape index (κ1) is 13.8. The smallest absolute Gasteiger partial charge is 0.354 e. The van der Waals surface area contributed by atoms with Crippen LogP contribution in [0.1, 0.15) is 41.6 Å². The third-order valence-corrected chi connectivity index (χ3v) is 2.31. The summed E-state index contributed by atoms with van der Waals surface area (Å²) in [5.41, 5.74) is 0.805. The molecule has 0 aliphatic heterocycles. The maximum absolute atomic E-state index is 11.4. The molecule has 1 aromatic carbocycles. The molecule has 0 amide bonds. The van der Waals surface area contributed by atoms with Gasteiger partial charge in [0.1, 0.15) is 5.69 Å². The van der Waals surface area contributed by atoms with Crippen LogP contribution in [-0.2, 0) is 0 Å². The molecule has 4 nitrogen and oxygen atoms in total. The van der Waals surface area contributed by atoms with E-state index in [0.29, 0.717) is 16.5 Å². The molecule has 0 radical (unpaired) electrons. The first-order chi connectivity index (χ1) is 8.59. The van der Waals surface area contributed by atoms with E-state index in [9.17, 15) is 9.59 Å². The average Bonchev–Trinajstić information content (AvgIpc) is 2.39. The van der Waals surface area contributed by atoms with Crippen LogP contribution in [0.4, 0.5) is 0 Å². The molecule has 1 heterocycles. The number of pyridine rings is 1. The molecule has 2 rings (SSSR count). The standard InChI is InChI=1S/C12H9NO3.C2H6/c1-7(14)9-6-11(12(15)16)13-10-5-3-2-4-8(9)10;1-2/h2-6H,1H3,(H,15,16);1-2H3. The van der Waals surface area contributed by atoms with Gasteiger partial charge in [-0.3, -0.25) is 4.79 Å². The zero-order valence-corrected chi connectivity index (χ0v) is 10.6. The average molecular weight is 245 g/mol. The molecule has 18 heavy (non-hydrogen) atoms. The number of Topliss-reactive ketones (excluding diaryl/α,β-unsaturated/α-hetero) is 1. The van der Waals surface area contributed by atoms with Crippen molar-refractivity contribution in [1.82, 2.24) is 4.98 Å². The van der Waals surface area contributed by atoms with Crippen molar-refractivity contribution < 1.29 is 14.7 Å². The summed E-state index contributed by atoms with van der Waals surface area (Å²) in [7, 11) is 0. The number of nitrogens with zero attached hydrogens (tertiary/aromatic N) is 1. The number of hydrogen-bond donors (Lipinski definition) is 1. The quantitative estimate of drug-likeness (QED) is 0.825. The Bertz CT molecular complexity index is 591.